The van der Waals surface area contributed by atoms with Gasteiger partial charge in [0, 0.05) is 12.3 Å². The molecule has 0 aromatic carbocycles. The van der Waals surface area contributed by atoms with E-state index in [1.807, 2.05) is 0 Å². The van der Waals surface area contributed by atoms with Crippen molar-refractivity contribution in [3.05, 3.63) is 0 Å². The van der Waals surface area contributed by atoms with Gasteiger partial charge in [-0.05, 0) is 75.0 Å². The molecule has 98 valence electrons. The quantitative estimate of drug-likeness (QED) is 0.757. The molecular formula is C16H23NO. The molecule has 18 heavy (non-hydrogen) atoms. The van der Waals surface area contributed by atoms with Crippen LogP contribution in [-0.2, 0) is 4.79 Å². The van der Waals surface area contributed by atoms with Gasteiger partial charge in [-0.1, -0.05) is 0 Å². The Bertz CT molecular complexity index is 357. The minimum Gasteiger partial charge on any atom is -0.300 e. The molecule has 0 saturated heterocycles. The van der Waals surface area contributed by atoms with E-state index in [0.29, 0.717) is 12.2 Å². The van der Waals surface area contributed by atoms with Gasteiger partial charge in [0.25, 0.3) is 0 Å². The highest BCUT2D eigenvalue weighted by Gasteiger charge is 2.54. The molecule has 0 aliphatic heterocycles. The average molecular weight is 245 g/mol. The Morgan fingerprint density at radius 3 is 2.11 bits per heavy atom. The number of rotatable bonds is 4. The fraction of sp³-hybridized carbons (Fsp3) is 0.875. The Morgan fingerprint density at radius 1 is 1.22 bits per heavy atom. The molecule has 0 spiro atoms. The molecule has 0 amide bonds. The van der Waals surface area contributed by atoms with Gasteiger partial charge in [-0.2, -0.15) is 5.26 Å². The second-order valence-electron chi connectivity index (χ2n) is 7.14. The smallest absolute Gasteiger partial charge is 0.133 e. The van der Waals surface area contributed by atoms with Crippen molar-refractivity contribution in [1.82, 2.24) is 0 Å². The van der Waals surface area contributed by atoms with E-state index in [4.69, 9.17) is 5.26 Å². The van der Waals surface area contributed by atoms with E-state index < -0.39 is 0 Å². The van der Waals surface area contributed by atoms with Crippen LogP contribution in [0.25, 0.3) is 0 Å². The highest BCUT2D eigenvalue weighted by Crippen LogP contribution is 2.63. The maximum atomic E-state index is 12.1. The van der Waals surface area contributed by atoms with Crippen molar-refractivity contribution >= 4 is 5.78 Å². The molecule has 0 aromatic heterocycles. The molecule has 4 aliphatic carbocycles. The van der Waals surface area contributed by atoms with Crippen molar-refractivity contribution in [1.29, 1.82) is 5.26 Å². The van der Waals surface area contributed by atoms with Crippen LogP contribution in [0.4, 0.5) is 0 Å². The second-order valence-corrected chi connectivity index (χ2v) is 7.14. The Morgan fingerprint density at radius 2 is 1.72 bits per heavy atom. The molecule has 0 N–H and O–H groups in total. The van der Waals surface area contributed by atoms with Crippen molar-refractivity contribution in [2.24, 2.45) is 29.1 Å². The van der Waals surface area contributed by atoms with Crippen molar-refractivity contribution in [2.45, 2.75) is 58.3 Å². The van der Waals surface area contributed by atoms with E-state index >= 15 is 0 Å². The standard InChI is InChI=1S/C16H23NO/c1-11(18)15(3-2-4-17)16-8-12-5-13(9-16)7-14(6-12)10-16/h12-15H,2-3,5-10H2,1H3. The molecule has 2 nitrogen and oxygen atoms in total. The first kappa shape index (κ1) is 12.2. The summed E-state index contributed by atoms with van der Waals surface area (Å²) in [6.07, 6.45) is 9.42. The molecule has 4 saturated carbocycles. The first-order valence-electron chi connectivity index (χ1n) is 7.50. The summed E-state index contributed by atoms with van der Waals surface area (Å²) in [5.74, 6) is 3.18. The van der Waals surface area contributed by atoms with Gasteiger partial charge in [0.05, 0.1) is 6.07 Å². The molecule has 4 aliphatic rings. The zero-order chi connectivity index (χ0) is 12.8. The summed E-state index contributed by atoms with van der Waals surface area (Å²) in [6.45, 7) is 1.75. The van der Waals surface area contributed by atoms with Gasteiger partial charge in [-0.25, -0.2) is 0 Å². The molecule has 1 unspecified atom stereocenters. The molecule has 4 rings (SSSR count). The third kappa shape index (κ3) is 1.88. The van der Waals surface area contributed by atoms with Gasteiger partial charge in [0.1, 0.15) is 5.78 Å². The van der Waals surface area contributed by atoms with Crippen LogP contribution in [0.2, 0.25) is 0 Å². The number of nitriles is 1. The SMILES string of the molecule is CC(=O)C(CCC#N)C12CC3CC(CC(C3)C1)C2. The minimum absolute atomic E-state index is 0.172. The largest absolute Gasteiger partial charge is 0.300 e. The number of Topliss-reactive ketones (excluding diaryl/α,β-unsaturated/α-hetero) is 1. The fourth-order valence-corrected chi connectivity index (χ4v) is 5.75. The number of carbonyl (C=O) groups excluding carboxylic acids is 1. The van der Waals surface area contributed by atoms with Gasteiger partial charge in [0.15, 0.2) is 0 Å². The van der Waals surface area contributed by atoms with E-state index in [1.54, 1.807) is 6.92 Å². The lowest BCUT2D eigenvalue weighted by atomic mass is 9.45. The minimum atomic E-state index is 0.172. The number of ketones is 1. The molecule has 1 atom stereocenters. The van der Waals surface area contributed by atoms with Crippen molar-refractivity contribution in [3.8, 4) is 6.07 Å². The molecule has 4 bridgehead atoms. The van der Waals surface area contributed by atoms with Crippen LogP contribution in [-0.4, -0.2) is 5.78 Å². The first-order chi connectivity index (χ1) is 8.63. The Balaban J connectivity index is 1.84. The topological polar surface area (TPSA) is 40.9 Å². The van der Waals surface area contributed by atoms with Crippen LogP contribution in [0.1, 0.15) is 58.3 Å². The van der Waals surface area contributed by atoms with Crippen molar-refractivity contribution < 1.29 is 4.79 Å². The second kappa shape index (κ2) is 4.37. The number of carbonyl (C=O) groups is 1. The molecule has 0 heterocycles. The van der Waals surface area contributed by atoms with E-state index in [1.165, 1.54) is 38.5 Å². The summed E-state index contributed by atoms with van der Waals surface area (Å²) in [6, 6.07) is 2.23. The van der Waals surface area contributed by atoms with Crippen molar-refractivity contribution in [3.63, 3.8) is 0 Å². The van der Waals surface area contributed by atoms with Gasteiger partial charge in [0.2, 0.25) is 0 Å². The normalized spacial score (nSPS) is 42.6. The lowest BCUT2D eigenvalue weighted by Gasteiger charge is -2.59. The van der Waals surface area contributed by atoms with E-state index in [9.17, 15) is 4.79 Å². The van der Waals surface area contributed by atoms with Crippen LogP contribution in [0.3, 0.4) is 0 Å². The van der Waals surface area contributed by atoms with Crippen LogP contribution in [0.15, 0.2) is 0 Å². The van der Waals surface area contributed by atoms with Crippen LogP contribution in [0, 0.1) is 40.4 Å². The molecule has 0 aromatic rings. The van der Waals surface area contributed by atoms with E-state index in [-0.39, 0.29) is 11.3 Å². The molecular weight excluding hydrogens is 222 g/mol. The Hall–Kier alpha value is -0.840. The summed E-state index contributed by atoms with van der Waals surface area (Å²) >= 11 is 0. The van der Waals surface area contributed by atoms with E-state index in [2.05, 4.69) is 6.07 Å². The fourth-order valence-electron chi connectivity index (χ4n) is 5.75. The monoisotopic (exact) mass is 245 g/mol. The Labute approximate surface area is 110 Å². The maximum Gasteiger partial charge on any atom is 0.133 e. The summed E-state index contributed by atoms with van der Waals surface area (Å²) in [5, 5.41) is 8.82. The van der Waals surface area contributed by atoms with Gasteiger partial charge >= 0.3 is 0 Å². The zero-order valence-electron chi connectivity index (χ0n) is 11.3. The summed E-state index contributed by atoms with van der Waals surface area (Å²) in [5.41, 5.74) is 0.289. The summed E-state index contributed by atoms with van der Waals surface area (Å²) in [7, 11) is 0. The van der Waals surface area contributed by atoms with Gasteiger partial charge < -0.3 is 0 Å². The van der Waals surface area contributed by atoms with E-state index in [0.717, 1.165) is 24.2 Å². The van der Waals surface area contributed by atoms with Crippen molar-refractivity contribution in [2.75, 3.05) is 0 Å². The third-order valence-electron chi connectivity index (χ3n) is 5.86. The Kier molecular flexibility index (Phi) is 2.96. The molecule has 0 radical (unpaired) electrons. The maximum absolute atomic E-state index is 12.1. The highest BCUT2D eigenvalue weighted by molar-refractivity contribution is 5.79. The lowest BCUT2D eigenvalue weighted by Crippen LogP contribution is -2.51. The summed E-state index contributed by atoms with van der Waals surface area (Å²) in [4.78, 5) is 12.1. The van der Waals surface area contributed by atoms with Gasteiger partial charge in [-0.3, -0.25) is 4.79 Å². The van der Waals surface area contributed by atoms with Crippen LogP contribution in [0.5, 0.6) is 0 Å². The number of hydrogen-bond acceptors (Lipinski definition) is 2. The molecule has 4 fully saturated rings. The first-order valence-corrected chi connectivity index (χ1v) is 7.50. The average Bonchev–Trinajstić information content (AvgIpc) is 2.26. The van der Waals surface area contributed by atoms with Crippen LogP contribution < -0.4 is 0 Å². The van der Waals surface area contributed by atoms with Gasteiger partial charge in [-0.15, -0.1) is 0 Å². The van der Waals surface area contributed by atoms with Crippen LogP contribution >= 0.6 is 0 Å². The molecule has 2 heteroatoms. The summed E-state index contributed by atoms with van der Waals surface area (Å²) < 4.78 is 0. The number of hydrogen-bond donors (Lipinski definition) is 0. The predicted octanol–water partition coefficient (Wildman–Crippen LogP) is 3.71. The number of nitrogens with zero attached hydrogens (tertiary/aromatic N) is 1. The predicted molar refractivity (Wildman–Crippen MR) is 69.6 cm³/mol. The zero-order valence-corrected chi connectivity index (χ0v) is 11.3. The lowest BCUT2D eigenvalue weighted by molar-refractivity contribution is -0.137. The third-order valence-corrected chi connectivity index (χ3v) is 5.86. The highest BCUT2D eigenvalue weighted by atomic mass is 16.1.